The fourth-order valence-electron chi connectivity index (χ4n) is 2.66. The first kappa shape index (κ1) is 20.9. The van der Waals surface area contributed by atoms with Crippen LogP contribution in [0.2, 0.25) is 0 Å². The second-order valence-corrected chi connectivity index (χ2v) is 6.41. The first-order valence-corrected chi connectivity index (χ1v) is 9.12. The van der Waals surface area contributed by atoms with Gasteiger partial charge in [-0.25, -0.2) is 9.97 Å². The smallest absolute Gasteiger partial charge is 0.422 e. The van der Waals surface area contributed by atoms with Gasteiger partial charge in [0.1, 0.15) is 17.1 Å². The lowest BCUT2D eigenvalue weighted by Crippen LogP contribution is -2.21. The molecule has 0 spiro atoms. The zero-order valence-corrected chi connectivity index (χ0v) is 16.2. The quantitative estimate of drug-likeness (QED) is 0.465. The molecular formula is C20H14F3N7O2. The fourth-order valence-corrected chi connectivity index (χ4v) is 2.66. The average Bonchev–Trinajstić information content (AvgIpc) is 2.78. The molecule has 12 heteroatoms. The average molecular weight is 441 g/mol. The molecule has 0 unspecified atom stereocenters. The normalized spacial score (nSPS) is 11.2. The van der Waals surface area contributed by atoms with E-state index in [0.717, 1.165) is 5.39 Å². The second kappa shape index (κ2) is 8.79. The van der Waals surface area contributed by atoms with Crippen molar-refractivity contribution in [1.82, 2.24) is 24.9 Å². The van der Waals surface area contributed by atoms with Gasteiger partial charge in [0.05, 0.1) is 29.8 Å². The lowest BCUT2D eigenvalue weighted by atomic mass is 10.2. The van der Waals surface area contributed by atoms with Crippen LogP contribution in [-0.4, -0.2) is 43.6 Å². The number of hydrogen-bond acceptors (Lipinski definition) is 8. The van der Waals surface area contributed by atoms with E-state index < -0.39 is 18.7 Å². The van der Waals surface area contributed by atoms with Crippen molar-refractivity contribution in [2.24, 2.45) is 0 Å². The molecule has 0 aliphatic rings. The summed E-state index contributed by atoms with van der Waals surface area (Å²) in [5.41, 5.74) is 1.26. The number of fused-ring (bicyclic) bond motifs is 1. The molecule has 0 radical (unpaired) electrons. The summed E-state index contributed by atoms with van der Waals surface area (Å²) in [5.74, 6) is -0.717. The summed E-state index contributed by atoms with van der Waals surface area (Å²) in [6.45, 7) is -1.50. The molecule has 4 aromatic heterocycles. The molecule has 0 bridgehead atoms. The van der Waals surface area contributed by atoms with E-state index in [9.17, 15) is 18.0 Å². The summed E-state index contributed by atoms with van der Waals surface area (Å²) in [6, 6.07) is 6.19. The van der Waals surface area contributed by atoms with E-state index in [1.807, 2.05) is 6.07 Å². The van der Waals surface area contributed by atoms with E-state index in [4.69, 9.17) is 4.74 Å². The van der Waals surface area contributed by atoms with Crippen molar-refractivity contribution in [2.45, 2.75) is 6.18 Å². The molecule has 0 aromatic carbocycles. The van der Waals surface area contributed by atoms with Gasteiger partial charge in [-0.15, -0.1) is 0 Å². The van der Waals surface area contributed by atoms with Gasteiger partial charge in [0.15, 0.2) is 6.61 Å². The molecule has 1 amide bonds. The molecule has 0 saturated heterocycles. The Morgan fingerprint density at radius 3 is 2.66 bits per heavy atom. The molecule has 32 heavy (non-hydrogen) atoms. The highest BCUT2D eigenvalue weighted by molar-refractivity contribution is 6.03. The van der Waals surface area contributed by atoms with Crippen LogP contribution in [-0.2, 0) is 0 Å². The van der Waals surface area contributed by atoms with Crippen molar-refractivity contribution in [2.75, 3.05) is 17.2 Å². The first-order chi connectivity index (χ1) is 15.4. The lowest BCUT2D eigenvalue weighted by molar-refractivity contribution is -0.153. The van der Waals surface area contributed by atoms with Crippen molar-refractivity contribution in [3.8, 4) is 5.75 Å². The Balaban J connectivity index is 1.49. The number of nitrogens with one attached hydrogen (secondary N) is 2. The van der Waals surface area contributed by atoms with Gasteiger partial charge in [0, 0.05) is 30.0 Å². The summed E-state index contributed by atoms with van der Waals surface area (Å²) in [4.78, 5) is 32.9. The van der Waals surface area contributed by atoms with Gasteiger partial charge >= 0.3 is 6.18 Å². The van der Waals surface area contributed by atoms with Crippen LogP contribution in [0.1, 0.15) is 10.5 Å². The predicted octanol–water partition coefficient (Wildman–Crippen LogP) is 3.75. The third-order valence-corrected chi connectivity index (χ3v) is 4.05. The van der Waals surface area contributed by atoms with Gasteiger partial charge in [0.25, 0.3) is 5.91 Å². The van der Waals surface area contributed by atoms with Gasteiger partial charge in [-0.1, -0.05) is 0 Å². The Morgan fingerprint density at radius 2 is 1.81 bits per heavy atom. The Bertz CT molecular complexity index is 1270. The predicted molar refractivity (Wildman–Crippen MR) is 109 cm³/mol. The number of hydrogen-bond donors (Lipinski definition) is 2. The lowest BCUT2D eigenvalue weighted by Gasteiger charge is -2.13. The van der Waals surface area contributed by atoms with Gasteiger partial charge in [-0.3, -0.25) is 19.7 Å². The number of halogens is 3. The third-order valence-electron chi connectivity index (χ3n) is 4.05. The summed E-state index contributed by atoms with van der Waals surface area (Å²) in [6.07, 6.45) is 4.12. The molecule has 4 rings (SSSR count). The number of anilines is 3. The van der Waals surface area contributed by atoms with Crippen LogP contribution in [0.5, 0.6) is 5.75 Å². The number of pyridine rings is 3. The Labute approximate surface area is 178 Å². The van der Waals surface area contributed by atoms with Gasteiger partial charge < -0.3 is 15.4 Å². The zero-order valence-electron chi connectivity index (χ0n) is 16.2. The maximum atomic E-state index is 12.6. The van der Waals surface area contributed by atoms with Crippen LogP contribution in [0, 0.1) is 0 Å². The summed E-state index contributed by atoms with van der Waals surface area (Å²) >= 11 is 0. The van der Waals surface area contributed by atoms with E-state index in [2.05, 4.69) is 35.6 Å². The standard InChI is InChI=1S/C20H14F3N7O2/c21-20(22,23)11-32-17-3-5-25-10-16(17)29-18(31)14-2-6-26-19(30-14)28-13-7-12-1-4-24-9-15(12)27-8-13/h1-10H,11H2,(H,29,31)(H,26,28,30). The van der Waals surface area contributed by atoms with Crippen LogP contribution in [0.25, 0.3) is 10.9 Å². The van der Waals surface area contributed by atoms with Crippen LogP contribution < -0.4 is 15.4 Å². The monoisotopic (exact) mass is 441 g/mol. The number of carbonyl (C=O) groups excluding carboxylic acids is 1. The van der Waals surface area contributed by atoms with Gasteiger partial charge in [-0.2, -0.15) is 13.2 Å². The van der Waals surface area contributed by atoms with Crippen LogP contribution in [0.15, 0.2) is 61.4 Å². The number of aromatic nitrogens is 5. The molecule has 0 aliphatic heterocycles. The summed E-state index contributed by atoms with van der Waals surface area (Å²) < 4.78 is 42.1. The van der Waals surface area contributed by atoms with E-state index in [1.54, 1.807) is 24.7 Å². The topological polar surface area (TPSA) is 115 Å². The van der Waals surface area contributed by atoms with Crippen LogP contribution >= 0.6 is 0 Å². The van der Waals surface area contributed by atoms with E-state index in [0.29, 0.717) is 11.2 Å². The Hall–Kier alpha value is -4.35. The Kier molecular flexibility index (Phi) is 5.75. The highest BCUT2D eigenvalue weighted by Crippen LogP contribution is 2.26. The van der Waals surface area contributed by atoms with Gasteiger partial charge in [-0.05, 0) is 18.2 Å². The summed E-state index contributed by atoms with van der Waals surface area (Å²) in [5, 5.41) is 6.25. The molecule has 2 N–H and O–H groups in total. The minimum atomic E-state index is -4.52. The molecule has 0 fully saturated rings. The number of rotatable bonds is 6. The molecule has 0 saturated carbocycles. The van der Waals surface area contributed by atoms with Crippen molar-refractivity contribution in [3.63, 3.8) is 0 Å². The molecule has 4 aromatic rings. The third kappa shape index (κ3) is 5.22. The van der Waals surface area contributed by atoms with Crippen LogP contribution in [0.4, 0.5) is 30.5 Å². The maximum Gasteiger partial charge on any atom is 0.422 e. The number of amides is 1. The largest absolute Gasteiger partial charge is 0.482 e. The summed E-state index contributed by atoms with van der Waals surface area (Å²) in [7, 11) is 0. The van der Waals surface area contributed by atoms with Gasteiger partial charge in [0.2, 0.25) is 5.95 Å². The minimum absolute atomic E-state index is 0.0222. The molecule has 162 valence electrons. The highest BCUT2D eigenvalue weighted by atomic mass is 19.4. The van der Waals surface area contributed by atoms with Crippen molar-refractivity contribution in [3.05, 3.63) is 67.1 Å². The van der Waals surface area contributed by atoms with E-state index >= 15 is 0 Å². The van der Waals surface area contributed by atoms with Crippen molar-refractivity contribution < 1.29 is 22.7 Å². The second-order valence-electron chi connectivity index (χ2n) is 6.41. The van der Waals surface area contributed by atoms with E-state index in [-0.39, 0.29) is 23.1 Å². The molecule has 0 atom stereocenters. The van der Waals surface area contributed by atoms with Crippen molar-refractivity contribution in [1.29, 1.82) is 0 Å². The number of nitrogens with zero attached hydrogens (tertiary/aromatic N) is 5. The molecule has 4 heterocycles. The van der Waals surface area contributed by atoms with E-state index in [1.165, 1.54) is 30.7 Å². The Morgan fingerprint density at radius 1 is 1.00 bits per heavy atom. The molecular weight excluding hydrogens is 427 g/mol. The maximum absolute atomic E-state index is 12.6. The fraction of sp³-hybridized carbons (Fsp3) is 0.100. The first-order valence-electron chi connectivity index (χ1n) is 9.12. The van der Waals surface area contributed by atoms with Crippen LogP contribution in [0.3, 0.4) is 0 Å². The zero-order chi connectivity index (χ0) is 22.6. The van der Waals surface area contributed by atoms with Crippen molar-refractivity contribution >= 4 is 34.1 Å². The number of ether oxygens (including phenoxy) is 1. The number of carbonyl (C=O) groups is 1. The highest BCUT2D eigenvalue weighted by Gasteiger charge is 2.29. The SMILES string of the molecule is O=C(Nc1cnccc1OCC(F)(F)F)c1ccnc(Nc2cnc3cnccc3c2)n1. The number of alkyl halides is 3. The molecule has 9 nitrogen and oxygen atoms in total. The minimum Gasteiger partial charge on any atom is -0.482 e. The molecule has 0 aliphatic carbocycles.